The van der Waals surface area contributed by atoms with Crippen LogP contribution in [0.4, 0.5) is 19.1 Å². The first-order chi connectivity index (χ1) is 12.7. The van der Waals surface area contributed by atoms with Gasteiger partial charge < -0.3 is 4.90 Å². The number of aromatic nitrogens is 4. The van der Waals surface area contributed by atoms with Gasteiger partial charge in [0.05, 0.1) is 11.3 Å². The molecule has 0 fully saturated rings. The first kappa shape index (κ1) is 18.9. The lowest BCUT2D eigenvalue weighted by Crippen LogP contribution is -2.23. The molecule has 1 aromatic carbocycles. The Labute approximate surface area is 153 Å². The molecule has 0 aliphatic carbocycles. The molecule has 0 aliphatic rings. The maximum absolute atomic E-state index is 12.9. The third-order valence-corrected chi connectivity index (χ3v) is 4.27. The molecule has 2 heterocycles. The number of nitrogens with one attached hydrogen (secondary N) is 1. The van der Waals surface area contributed by atoms with Gasteiger partial charge in [-0.25, -0.2) is 4.98 Å². The van der Waals surface area contributed by atoms with E-state index in [2.05, 4.69) is 15.1 Å². The number of fused-ring (bicyclic) bond motifs is 1. The van der Waals surface area contributed by atoms with Crippen LogP contribution >= 0.6 is 0 Å². The topological polar surface area (TPSA) is 66.8 Å². The molecule has 27 heavy (non-hydrogen) atoms. The van der Waals surface area contributed by atoms with Crippen LogP contribution in [0.5, 0.6) is 0 Å². The molecule has 3 aromatic rings. The molecule has 6 nitrogen and oxygen atoms in total. The van der Waals surface area contributed by atoms with Gasteiger partial charge in [0.1, 0.15) is 5.52 Å². The monoisotopic (exact) mass is 379 g/mol. The van der Waals surface area contributed by atoms with Crippen LogP contribution in [0.2, 0.25) is 0 Å². The highest BCUT2D eigenvalue weighted by molar-refractivity contribution is 5.77. The van der Waals surface area contributed by atoms with E-state index in [4.69, 9.17) is 0 Å². The highest BCUT2D eigenvalue weighted by Crippen LogP contribution is 2.30. The zero-order valence-electron chi connectivity index (χ0n) is 15.3. The molecule has 1 N–H and O–H groups in total. The van der Waals surface area contributed by atoms with Gasteiger partial charge in [-0.3, -0.25) is 14.5 Å². The molecule has 9 heteroatoms. The van der Waals surface area contributed by atoms with Gasteiger partial charge in [-0.2, -0.15) is 18.3 Å². The van der Waals surface area contributed by atoms with Gasteiger partial charge in [-0.15, -0.1) is 0 Å². The van der Waals surface area contributed by atoms with E-state index < -0.39 is 11.7 Å². The highest BCUT2D eigenvalue weighted by Gasteiger charge is 2.30. The molecular weight excluding hydrogens is 359 g/mol. The lowest BCUT2D eigenvalue weighted by atomic mass is 10.1. The minimum atomic E-state index is -4.40. The number of H-pyrrole nitrogens is 1. The quantitative estimate of drug-likeness (QED) is 0.739. The Kier molecular flexibility index (Phi) is 4.95. The molecule has 0 unspecified atom stereocenters. The number of aromatic amines is 1. The fourth-order valence-electron chi connectivity index (χ4n) is 3.02. The number of hydrogen-bond acceptors (Lipinski definition) is 4. The third kappa shape index (κ3) is 3.81. The fourth-order valence-corrected chi connectivity index (χ4v) is 3.02. The van der Waals surface area contributed by atoms with Gasteiger partial charge in [-0.1, -0.05) is 25.5 Å². The first-order valence-corrected chi connectivity index (χ1v) is 8.54. The number of hydrogen-bond donors (Lipinski definition) is 1. The van der Waals surface area contributed by atoms with Crippen LogP contribution in [0.1, 0.15) is 30.2 Å². The minimum Gasteiger partial charge on any atom is -0.341 e. The second-order valence-electron chi connectivity index (χ2n) is 6.46. The van der Waals surface area contributed by atoms with Crippen LogP contribution < -0.4 is 10.5 Å². The van der Waals surface area contributed by atoms with Gasteiger partial charge in [-0.05, 0) is 24.1 Å². The van der Waals surface area contributed by atoms with Crippen LogP contribution in [0.3, 0.4) is 0 Å². The molecule has 0 bridgehead atoms. The van der Waals surface area contributed by atoms with E-state index in [-0.39, 0.29) is 18.1 Å². The molecular formula is C18H20F3N5O. The number of benzene rings is 1. The first-order valence-electron chi connectivity index (χ1n) is 8.54. The van der Waals surface area contributed by atoms with Crippen molar-refractivity contribution < 1.29 is 13.2 Å². The van der Waals surface area contributed by atoms with Crippen molar-refractivity contribution >= 4 is 17.0 Å². The van der Waals surface area contributed by atoms with Crippen molar-refractivity contribution in [1.29, 1.82) is 0 Å². The van der Waals surface area contributed by atoms with Crippen molar-refractivity contribution in [2.75, 3.05) is 11.9 Å². The third-order valence-electron chi connectivity index (χ3n) is 4.27. The van der Waals surface area contributed by atoms with E-state index in [1.165, 1.54) is 10.7 Å². The van der Waals surface area contributed by atoms with Crippen LogP contribution in [-0.4, -0.2) is 26.8 Å². The van der Waals surface area contributed by atoms with Gasteiger partial charge in [0.25, 0.3) is 5.56 Å². The molecule has 0 atom stereocenters. The van der Waals surface area contributed by atoms with E-state index in [0.717, 1.165) is 24.2 Å². The standard InChI is InChI=1S/C18H20F3N5O/c1-4-6-13-14-15(26(3)24-13)16(27)23-17(22-14)25(2)10-11-7-5-8-12(9-11)18(19,20)21/h5,7-9H,4,6,10H2,1-3H3,(H,22,23,27). The lowest BCUT2D eigenvalue weighted by Gasteiger charge is -2.18. The van der Waals surface area contributed by atoms with Crippen molar-refractivity contribution in [2.24, 2.45) is 7.05 Å². The van der Waals surface area contributed by atoms with Gasteiger partial charge in [0.2, 0.25) is 5.95 Å². The molecule has 0 amide bonds. The summed E-state index contributed by atoms with van der Waals surface area (Å²) in [5.41, 5.74) is 1.07. The molecule has 0 radical (unpaired) electrons. The summed E-state index contributed by atoms with van der Waals surface area (Å²) >= 11 is 0. The largest absolute Gasteiger partial charge is 0.416 e. The summed E-state index contributed by atoms with van der Waals surface area (Å²) in [7, 11) is 3.35. The summed E-state index contributed by atoms with van der Waals surface area (Å²) in [6.07, 6.45) is -2.86. The number of halogens is 3. The summed E-state index contributed by atoms with van der Waals surface area (Å²) in [5, 5.41) is 4.35. The van der Waals surface area contributed by atoms with Crippen LogP contribution in [0, 0.1) is 0 Å². The van der Waals surface area contributed by atoms with Crippen molar-refractivity contribution in [3.8, 4) is 0 Å². The Morgan fingerprint density at radius 2 is 2.04 bits per heavy atom. The SMILES string of the molecule is CCCc1nn(C)c2c(=O)[nH]c(N(C)Cc3cccc(C(F)(F)F)c3)nc12. The smallest absolute Gasteiger partial charge is 0.341 e. The van der Waals surface area contributed by atoms with E-state index in [0.29, 0.717) is 23.0 Å². The Bertz CT molecular complexity index is 1020. The predicted molar refractivity (Wildman–Crippen MR) is 96.7 cm³/mol. The number of aryl methyl sites for hydroxylation is 2. The Balaban J connectivity index is 1.95. The Morgan fingerprint density at radius 3 is 2.70 bits per heavy atom. The zero-order valence-corrected chi connectivity index (χ0v) is 15.3. The molecule has 144 valence electrons. The summed E-state index contributed by atoms with van der Waals surface area (Å²) in [5.74, 6) is 0.287. The van der Waals surface area contributed by atoms with Crippen LogP contribution in [0.25, 0.3) is 11.0 Å². The van der Waals surface area contributed by atoms with Crippen molar-refractivity contribution in [2.45, 2.75) is 32.5 Å². The average molecular weight is 379 g/mol. The van der Waals surface area contributed by atoms with E-state index >= 15 is 0 Å². The molecule has 0 aliphatic heterocycles. The lowest BCUT2D eigenvalue weighted by molar-refractivity contribution is -0.137. The summed E-state index contributed by atoms with van der Waals surface area (Å²) in [4.78, 5) is 21.3. The summed E-state index contributed by atoms with van der Waals surface area (Å²) in [6.45, 7) is 2.18. The number of nitrogens with zero attached hydrogens (tertiary/aromatic N) is 4. The summed E-state index contributed by atoms with van der Waals surface area (Å²) in [6, 6.07) is 5.10. The Hall–Kier alpha value is -2.84. The normalized spacial score (nSPS) is 11.9. The average Bonchev–Trinajstić information content (AvgIpc) is 2.91. The molecule has 0 saturated carbocycles. The molecule has 2 aromatic heterocycles. The van der Waals surface area contributed by atoms with E-state index in [1.54, 1.807) is 25.1 Å². The highest BCUT2D eigenvalue weighted by atomic mass is 19.4. The van der Waals surface area contributed by atoms with Crippen LogP contribution in [-0.2, 0) is 26.2 Å². The number of alkyl halides is 3. The maximum Gasteiger partial charge on any atom is 0.416 e. The number of anilines is 1. The molecule has 3 rings (SSSR count). The maximum atomic E-state index is 12.9. The second kappa shape index (κ2) is 7.05. The predicted octanol–water partition coefficient (Wildman–Crippen LogP) is 3.26. The number of rotatable bonds is 5. The van der Waals surface area contributed by atoms with Crippen LogP contribution in [0.15, 0.2) is 29.1 Å². The van der Waals surface area contributed by atoms with Crippen molar-refractivity contribution in [1.82, 2.24) is 19.7 Å². The van der Waals surface area contributed by atoms with Gasteiger partial charge >= 0.3 is 6.18 Å². The molecule has 0 spiro atoms. The van der Waals surface area contributed by atoms with Gasteiger partial charge in [0.15, 0.2) is 5.52 Å². The fraction of sp³-hybridized carbons (Fsp3) is 0.389. The van der Waals surface area contributed by atoms with E-state index in [9.17, 15) is 18.0 Å². The van der Waals surface area contributed by atoms with Crippen molar-refractivity contribution in [3.63, 3.8) is 0 Å². The Morgan fingerprint density at radius 1 is 1.30 bits per heavy atom. The zero-order chi connectivity index (χ0) is 19.8. The van der Waals surface area contributed by atoms with Crippen molar-refractivity contribution in [3.05, 3.63) is 51.4 Å². The summed E-state index contributed by atoms with van der Waals surface area (Å²) < 4.78 is 40.2. The van der Waals surface area contributed by atoms with E-state index in [1.807, 2.05) is 6.92 Å². The molecule has 0 saturated heterocycles. The second-order valence-corrected chi connectivity index (χ2v) is 6.46. The minimum absolute atomic E-state index is 0.168. The van der Waals surface area contributed by atoms with Gasteiger partial charge in [0, 0.05) is 20.6 Å².